The molecule has 0 unspecified atom stereocenters. The highest BCUT2D eigenvalue weighted by Crippen LogP contribution is 2.30. The number of hydrogen-bond donors (Lipinski definition) is 1. The molecule has 0 spiro atoms. The van der Waals surface area contributed by atoms with Gasteiger partial charge in [0.1, 0.15) is 18.2 Å². The third kappa shape index (κ3) is 2.76. The summed E-state index contributed by atoms with van der Waals surface area (Å²) < 4.78 is 18.3. The number of alkyl halides is 1. The first-order chi connectivity index (χ1) is 10.7. The zero-order valence-corrected chi connectivity index (χ0v) is 11.6. The van der Waals surface area contributed by atoms with Gasteiger partial charge >= 0.3 is 5.97 Å². The molecule has 3 aromatic carbocycles. The number of benzene rings is 3. The van der Waals surface area contributed by atoms with E-state index in [0.29, 0.717) is 17.1 Å². The average Bonchev–Trinajstić information content (AvgIpc) is 2.55. The Kier molecular flexibility index (Phi) is 3.74. The van der Waals surface area contributed by atoms with Crippen LogP contribution in [-0.4, -0.2) is 11.1 Å². The van der Waals surface area contributed by atoms with Crippen molar-refractivity contribution in [3.05, 3.63) is 71.8 Å². The first-order valence-electron chi connectivity index (χ1n) is 6.76. The van der Waals surface area contributed by atoms with Crippen molar-refractivity contribution in [2.45, 2.75) is 6.67 Å². The van der Waals surface area contributed by atoms with Gasteiger partial charge in [-0.15, -0.1) is 0 Å². The number of rotatable bonds is 4. The Labute approximate surface area is 126 Å². The standard InChI is InChI=1S/C18H13FO3/c19-11-12-4-7-15(8-5-12)22-17-3-1-2-13-10-14(18(20)21)6-9-16(13)17/h1-10H,11H2,(H,20,21). The van der Waals surface area contributed by atoms with Crippen molar-refractivity contribution in [1.82, 2.24) is 0 Å². The minimum Gasteiger partial charge on any atom is -0.478 e. The van der Waals surface area contributed by atoms with Gasteiger partial charge in [0.15, 0.2) is 0 Å². The van der Waals surface area contributed by atoms with E-state index in [-0.39, 0.29) is 5.56 Å². The third-order valence-electron chi connectivity index (χ3n) is 3.39. The van der Waals surface area contributed by atoms with Gasteiger partial charge in [-0.2, -0.15) is 0 Å². The number of fused-ring (bicyclic) bond motifs is 1. The highest BCUT2D eigenvalue weighted by atomic mass is 19.1. The predicted molar refractivity (Wildman–Crippen MR) is 82.2 cm³/mol. The van der Waals surface area contributed by atoms with Crippen LogP contribution in [0.1, 0.15) is 15.9 Å². The number of ether oxygens (including phenoxy) is 1. The lowest BCUT2D eigenvalue weighted by molar-refractivity contribution is 0.0697. The van der Waals surface area contributed by atoms with E-state index >= 15 is 0 Å². The van der Waals surface area contributed by atoms with Crippen molar-refractivity contribution in [2.75, 3.05) is 0 Å². The number of hydrogen-bond acceptors (Lipinski definition) is 2. The summed E-state index contributed by atoms with van der Waals surface area (Å²) in [6, 6.07) is 17.1. The average molecular weight is 296 g/mol. The van der Waals surface area contributed by atoms with Gasteiger partial charge in [0.2, 0.25) is 0 Å². The lowest BCUT2D eigenvalue weighted by atomic mass is 10.1. The number of carboxylic acids is 1. The summed E-state index contributed by atoms with van der Waals surface area (Å²) in [4.78, 5) is 11.0. The molecular weight excluding hydrogens is 283 g/mol. The maximum atomic E-state index is 12.5. The van der Waals surface area contributed by atoms with Crippen LogP contribution >= 0.6 is 0 Å². The summed E-state index contributed by atoms with van der Waals surface area (Å²) in [7, 11) is 0. The fourth-order valence-electron chi connectivity index (χ4n) is 2.25. The van der Waals surface area contributed by atoms with E-state index in [1.807, 2.05) is 12.1 Å². The van der Waals surface area contributed by atoms with Crippen LogP contribution in [0, 0.1) is 0 Å². The van der Waals surface area contributed by atoms with Crippen LogP contribution < -0.4 is 4.74 Å². The van der Waals surface area contributed by atoms with Crippen LogP contribution in [0.5, 0.6) is 11.5 Å². The van der Waals surface area contributed by atoms with E-state index in [1.165, 1.54) is 0 Å². The van der Waals surface area contributed by atoms with E-state index in [4.69, 9.17) is 9.84 Å². The van der Waals surface area contributed by atoms with Crippen LogP contribution in [0.25, 0.3) is 10.8 Å². The molecule has 3 aromatic rings. The molecule has 0 bridgehead atoms. The van der Waals surface area contributed by atoms with Gasteiger partial charge in [-0.05, 0) is 47.3 Å². The van der Waals surface area contributed by atoms with Crippen LogP contribution in [0.2, 0.25) is 0 Å². The minimum atomic E-state index is -0.963. The second-order valence-corrected chi connectivity index (χ2v) is 4.88. The monoisotopic (exact) mass is 296 g/mol. The lowest BCUT2D eigenvalue weighted by Crippen LogP contribution is -1.95. The Balaban J connectivity index is 1.97. The Morgan fingerprint density at radius 3 is 2.50 bits per heavy atom. The predicted octanol–water partition coefficient (Wildman–Crippen LogP) is 4.80. The van der Waals surface area contributed by atoms with Crippen LogP contribution in [0.15, 0.2) is 60.7 Å². The minimum absolute atomic E-state index is 0.233. The van der Waals surface area contributed by atoms with Crippen molar-refractivity contribution in [3.8, 4) is 11.5 Å². The van der Waals surface area contributed by atoms with Gasteiger partial charge in [-0.1, -0.05) is 24.3 Å². The van der Waals surface area contributed by atoms with Gasteiger partial charge in [-0.3, -0.25) is 0 Å². The van der Waals surface area contributed by atoms with Crippen LogP contribution in [-0.2, 0) is 6.67 Å². The number of carbonyl (C=O) groups is 1. The van der Waals surface area contributed by atoms with E-state index < -0.39 is 12.6 Å². The molecule has 0 amide bonds. The lowest BCUT2D eigenvalue weighted by Gasteiger charge is -2.10. The maximum absolute atomic E-state index is 12.5. The topological polar surface area (TPSA) is 46.5 Å². The Hall–Kier alpha value is -2.88. The normalized spacial score (nSPS) is 10.6. The summed E-state index contributed by atoms with van der Waals surface area (Å²) in [5.41, 5.74) is 0.827. The largest absolute Gasteiger partial charge is 0.478 e. The molecule has 0 saturated heterocycles. The van der Waals surface area contributed by atoms with E-state index in [2.05, 4.69) is 0 Å². The van der Waals surface area contributed by atoms with Gasteiger partial charge in [0.25, 0.3) is 0 Å². The molecule has 0 radical (unpaired) electrons. The van der Waals surface area contributed by atoms with E-state index in [1.54, 1.807) is 48.5 Å². The second-order valence-electron chi connectivity index (χ2n) is 4.88. The van der Waals surface area contributed by atoms with Gasteiger partial charge in [-0.25, -0.2) is 9.18 Å². The molecule has 0 aliphatic rings. The Morgan fingerprint density at radius 2 is 1.82 bits per heavy atom. The van der Waals surface area contributed by atoms with E-state index in [9.17, 15) is 9.18 Å². The second kappa shape index (κ2) is 5.85. The summed E-state index contributed by atoms with van der Waals surface area (Å²) >= 11 is 0. The van der Waals surface area contributed by atoms with Gasteiger partial charge < -0.3 is 9.84 Å². The van der Waals surface area contributed by atoms with Crippen LogP contribution in [0.3, 0.4) is 0 Å². The SMILES string of the molecule is O=C(O)c1ccc2c(Oc3ccc(CF)cc3)cccc2c1. The molecule has 110 valence electrons. The zero-order chi connectivity index (χ0) is 15.5. The zero-order valence-electron chi connectivity index (χ0n) is 11.6. The smallest absolute Gasteiger partial charge is 0.335 e. The summed E-state index contributed by atoms with van der Waals surface area (Å²) in [6.45, 7) is -0.507. The fourth-order valence-corrected chi connectivity index (χ4v) is 2.25. The maximum Gasteiger partial charge on any atom is 0.335 e. The van der Waals surface area contributed by atoms with Gasteiger partial charge in [0, 0.05) is 5.39 Å². The van der Waals surface area contributed by atoms with Crippen molar-refractivity contribution < 1.29 is 19.0 Å². The Morgan fingerprint density at radius 1 is 1.05 bits per heavy atom. The van der Waals surface area contributed by atoms with E-state index in [0.717, 1.165) is 10.8 Å². The fraction of sp³-hybridized carbons (Fsp3) is 0.0556. The molecule has 0 saturated carbocycles. The van der Waals surface area contributed by atoms with Crippen molar-refractivity contribution in [2.24, 2.45) is 0 Å². The number of halogens is 1. The molecule has 3 nitrogen and oxygen atoms in total. The summed E-state index contributed by atoms with van der Waals surface area (Å²) in [5, 5.41) is 10.6. The van der Waals surface area contributed by atoms with Crippen molar-refractivity contribution in [3.63, 3.8) is 0 Å². The molecule has 1 N–H and O–H groups in total. The number of carboxylic acid groups (broad SMARTS) is 1. The molecule has 0 aliphatic carbocycles. The molecule has 3 rings (SSSR count). The summed E-state index contributed by atoms with van der Waals surface area (Å²) in [6.07, 6.45) is 0. The molecule has 22 heavy (non-hydrogen) atoms. The molecule has 0 aromatic heterocycles. The van der Waals surface area contributed by atoms with Crippen LogP contribution in [0.4, 0.5) is 4.39 Å². The highest BCUT2D eigenvalue weighted by Gasteiger charge is 2.07. The molecular formula is C18H13FO3. The quantitative estimate of drug-likeness (QED) is 0.752. The first kappa shape index (κ1) is 14.1. The molecule has 0 fully saturated rings. The highest BCUT2D eigenvalue weighted by molar-refractivity contribution is 5.96. The first-order valence-corrected chi connectivity index (χ1v) is 6.76. The molecule has 0 heterocycles. The molecule has 0 atom stereocenters. The summed E-state index contributed by atoms with van der Waals surface area (Å²) in [5.74, 6) is 0.268. The molecule has 4 heteroatoms. The Bertz CT molecular complexity index is 825. The van der Waals surface area contributed by atoms with Crippen molar-refractivity contribution >= 4 is 16.7 Å². The molecule has 0 aliphatic heterocycles. The van der Waals surface area contributed by atoms with Gasteiger partial charge in [0.05, 0.1) is 5.56 Å². The van der Waals surface area contributed by atoms with Crippen molar-refractivity contribution in [1.29, 1.82) is 0 Å². The third-order valence-corrected chi connectivity index (χ3v) is 3.39. The number of aromatic carboxylic acids is 1.